The van der Waals surface area contributed by atoms with Crippen molar-refractivity contribution in [2.45, 2.75) is 30.4 Å². The van der Waals surface area contributed by atoms with Gasteiger partial charge >= 0.3 is 12.4 Å². The van der Waals surface area contributed by atoms with Crippen molar-refractivity contribution in [1.82, 2.24) is 4.98 Å². The fraction of sp³-hybridized carbons (Fsp3) is 0.217. The van der Waals surface area contributed by atoms with E-state index in [1.165, 1.54) is 66.9 Å². The van der Waals surface area contributed by atoms with Crippen LogP contribution in [0.3, 0.4) is 0 Å². The monoisotopic (exact) mass is 517 g/mol. The number of aliphatic hydroxyl groups is 1. The number of nitrogens with zero attached hydrogens (tertiary/aromatic N) is 3. The number of rotatable bonds is 4. The van der Waals surface area contributed by atoms with Gasteiger partial charge < -0.3 is 5.11 Å². The maximum Gasteiger partial charge on any atom is 0.431 e. The molecule has 0 saturated heterocycles. The van der Waals surface area contributed by atoms with Crippen molar-refractivity contribution in [3.8, 4) is 11.1 Å². The number of hydrazone groups is 1. The van der Waals surface area contributed by atoms with E-state index in [2.05, 4.69) is 10.1 Å². The van der Waals surface area contributed by atoms with Crippen LogP contribution >= 0.6 is 11.6 Å². The topological polar surface area (TPSA) is 48.7 Å². The minimum atomic E-state index is -6.08. The van der Waals surface area contributed by atoms with Crippen molar-refractivity contribution in [3.05, 3.63) is 83.4 Å². The normalized spacial score (nSPS) is 17.0. The molecule has 2 heterocycles. The molecule has 0 bridgehead atoms. The Bertz CT molecular complexity index is 1240. The molecule has 35 heavy (non-hydrogen) atoms. The molecule has 0 spiro atoms. The number of alkyl halides is 6. The molecule has 1 N–H and O–H groups in total. The largest absolute Gasteiger partial charge is 0.431 e. The maximum atomic E-state index is 14.0. The van der Waals surface area contributed by atoms with Crippen molar-refractivity contribution < 1.29 is 35.8 Å². The molecular formula is C23H15ClF7N3O. The van der Waals surface area contributed by atoms with E-state index in [9.17, 15) is 35.8 Å². The molecule has 2 aromatic carbocycles. The van der Waals surface area contributed by atoms with E-state index in [1.54, 1.807) is 0 Å². The van der Waals surface area contributed by atoms with Crippen LogP contribution in [0.1, 0.15) is 18.0 Å². The zero-order valence-electron chi connectivity index (χ0n) is 17.4. The number of hydrogen-bond acceptors (Lipinski definition) is 4. The van der Waals surface area contributed by atoms with Gasteiger partial charge in [0.1, 0.15) is 0 Å². The molecule has 0 aliphatic carbocycles. The number of halogens is 8. The van der Waals surface area contributed by atoms with Crippen LogP contribution in [0.25, 0.3) is 11.1 Å². The molecular weight excluding hydrogens is 503 g/mol. The van der Waals surface area contributed by atoms with Crippen LogP contribution in [0.5, 0.6) is 0 Å². The van der Waals surface area contributed by atoms with Crippen molar-refractivity contribution in [1.29, 1.82) is 0 Å². The first-order valence-electron chi connectivity index (χ1n) is 10.0. The van der Waals surface area contributed by atoms with Gasteiger partial charge in [0.05, 0.1) is 22.5 Å². The van der Waals surface area contributed by atoms with Gasteiger partial charge in [0, 0.05) is 18.2 Å². The summed E-state index contributed by atoms with van der Waals surface area (Å²) in [5.41, 5.74) is -5.82. The molecule has 1 aliphatic rings. The van der Waals surface area contributed by atoms with E-state index >= 15 is 0 Å². The molecule has 0 saturated carbocycles. The van der Waals surface area contributed by atoms with Gasteiger partial charge in [-0.05, 0) is 35.4 Å². The van der Waals surface area contributed by atoms with Crippen molar-refractivity contribution >= 4 is 23.0 Å². The Morgan fingerprint density at radius 3 is 2.09 bits per heavy atom. The third-order valence-corrected chi connectivity index (χ3v) is 5.93. The van der Waals surface area contributed by atoms with Crippen LogP contribution in [0.2, 0.25) is 5.02 Å². The number of para-hydroxylation sites is 1. The minimum Gasteiger partial charge on any atom is -0.369 e. The molecule has 1 unspecified atom stereocenters. The predicted molar refractivity (Wildman–Crippen MR) is 115 cm³/mol. The van der Waals surface area contributed by atoms with Crippen LogP contribution in [0, 0.1) is 5.95 Å². The van der Waals surface area contributed by atoms with E-state index in [-0.39, 0.29) is 21.8 Å². The van der Waals surface area contributed by atoms with E-state index < -0.39 is 42.1 Å². The summed E-state index contributed by atoms with van der Waals surface area (Å²) in [4.78, 5) is 3.55. The van der Waals surface area contributed by atoms with Gasteiger partial charge in [0.2, 0.25) is 5.95 Å². The minimum absolute atomic E-state index is 0.0270. The summed E-state index contributed by atoms with van der Waals surface area (Å²) in [5, 5.41) is 14.4. The van der Waals surface area contributed by atoms with Gasteiger partial charge in [0.15, 0.2) is 0 Å². The van der Waals surface area contributed by atoms with Crippen molar-refractivity contribution in [3.63, 3.8) is 0 Å². The van der Waals surface area contributed by atoms with E-state index in [1.807, 2.05) is 0 Å². The first-order chi connectivity index (χ1) is 16.3. The van der Waals surface area contributed by atoms with Gasteiger partial charge in [-0.2, -0.15) is 35.8 Å². The first kappa shape index (κ1) is 24.9. The summed E-state index contributed by atoms with van der Waals surface area (Å²) in [5.74, 6) is -0.746. The second kappa shape index (κ2) is 8.80. The number of benzene rings is 2. The lowest BCUT2D eigenvalue weighted by Gasteiger charge is -2.32. The predicted octanol–water partition coefficient (Wildman–Crippen LogP) is 6.70. The Balaban J connectivity index is 1.80. The molecule has 1 aliphatic heterocycles. The summed E-state index contributed by atoms with van der Waals surface area (Å²) < 4.78 is 95.2. The Hall–Kier alpha value is -3.18. The highest BCUT2D eigenvalue weighted by molar-refractivity contribution is 6.33. The molecule has 184 valence electrons. The molecule has 1 atom stereocenters. The Kier molecular flexibility index (Phi) is 6.26. The molecule has 12 heteroatoms. The lowest BCUT2D eigenvalue weighted by atomic mass is 9.89. The van der Waals surface area contributed by atoms with Gasteiger partial charge in [-0.15, -0.1) is 0 Å². The molecule has 0 radical (unpaired) electrons. The zero-order chi connectivity index (χ0) is 25.6. The Morgan fingerprint density at radius 1 is 0.886 bits per heavy atom. The summed E-state index contributed by atoms with van der Waals surface area (Å²) >= 11 is 6.16. The van der Waals surface area contributed by atoms with Gasteiger partial charge in [0.25, 0.3) is 5.60 Å². The zero-order valence-corrected chi connectivity index (χ0v) is 18.2. The first-order valence-corrected chi connectivity index (χ1v) is 10.4. The van der Waals surface area contributed by atoms with E-state index in [0.717, 1.165) is 5.01 Å². The SMILES string of the molecule is OC(C1=NN(c2ccccc2Cl)C(c2ccc(-c3cccnc3F)cc2)C1)(C(F)(F)F)C(F)(F)F. The number of hydrogen-bond donors (Lipinski definition) is 1. The molecule has 0 fully saturated rings. The molecule has 0 amide bonds. The summed E-state index contributed by atoms with van der Waals surface area (Å²) in [6, 6.07) is 13.4. The standard InChI is InChI=1S/C23H15ClF7N3O/c24-16-5-1-2-6-17(16)34-18(12-19(33-34)21(35,22(26,27)28)23(29,30)31)14-9-7-13(8-10-14)15-4-3-11-32-20(15)25/h1-11,18,35H,12H2. The van der Waals surface area contributed by atoms with Crippen molar-refractivity contribution in [2.75, 3.05) is 5.01 Å². The van der Waals surface area contributed by atoms with Crippen LogP contribution < -0.4 is 5.01 Å². The fourth-order valence-electron chi connectivity index (χ4n) is 3.82. The number of aromatic nitrogens is 1. The summed E-state index contributed by atoms with van der Waals surface area (Å²) in [6.45, 7) is 0. The van der Waals surface area contributed by atoms with Crippen LogP contribution in [-0.4, -0.2) is 33.8 Å². The van der Waals surface area contributed by atoms with Gasteiger partial charge in [-0.3, -0.25) is 5.01 Å². The van der Waals surface area contributed by atoms with Crippen LogP contribution in [0.15, 0.2) is 72.0 Å². The van der Waals surface area contributed by atoms with Crippen LogP contribution in [-0.2, 0) is 0 Å². The van der Waals surface area contributed by atoms with E-state index in [0.29, 0.717) is 5.56 Å². The third kappa shape index (κ3) is 4.34. The quantitative estimate of drug-likeness (QED) is 0.309. The second-order valence-electron chi connectivity index (χ2n) is 7.73. The Morgan fingerprint density at radius 2 is 1.51 bits per heavy atom. The fourth-order valence-corrected chi connectivity index (χ4v) is 4.05. The molecule has 3 aromatic rings. The lowest BCUT2D eigenvalue weighted by Crippen LogP contribution is -2.62. The number of pyridine rings is 1. The summed E-state index contributed by atoms with van der Waals surface area (Å²) in [6.07, 6.45) is -11.8. The maximum absolute atomic E-state index is 14.0. The molecule has 4 nitrogen and oxygen atoms in total. The second-order valence-corrected chi connectivity index (χ2v) is 8.14. The highest BCUT2D eigenvalue weighted by Gasteiger charge is 2.74. The van der Waals surface area contributed by atoms with Crippen molar-refractivity contribution in [2.24, 2.45) is 5.10 Å². The highest BCUT2D eigenvalue weighted by Crippen LogP contribution is 2.49. The smallest absolute Gasteiger partial charge is 0.369 e. The Labute approximate surface area is 199 Å². The van der Waals surface area contributed by atoms with Gasteiger partial charge in [-0.25, -0.2) is 4.98 Å². The number of anilines is 1. The summed E-state index contributed by atoms with van der Waals surface area (Å²) in [7, 11) is 0. The lowest BCUT2D eigenvalue weighted by molar-refractivity contribution is -0.338. The van der Waals surface area contributed by atoms with Crippen LogP contribution in [0.4, 0.5) is 36.4 Å². The highest BCUT2D eigenvalue weighted by atomic mass is 35.5. The molecule has 4 rings (SSSR count). The average molecular weight is 518 g/mol. The molecule has 1 aromatic heterocycles. The van der Waals surface area contributed by atoms with E-state index in [4.69, 9.17) is 11.6 Å². The third-order valence-electron chi connectivity index (χ3n) is 5.61. The average Bonchev–Trinajstić information content (AvgIpc) is 3.23. The van der Waals surface area contributed by atoms with Gasteiger partial charge in [-0.1, -0.05) is 48.0 Å².